The zero-order chi connectivity index (χ0) is 28.5. The lowest BCUT2D eigenvalue weighted by molar-refractivity contribution is 0.0904. The molecule has 2 atom stereocenters. The number of aryl methyl sites for hydroxylation is 1. The van der Waals surface area contributed by atoms with Gasteiger partial charge in [0.05, 0.1) is 5.56 Å². The van der Waals surface area contributed by atoms with Gasteiger partial charge in [0.25, 0.3) is 0 Å². The van der Waals surface area contributed by atoms with Crippen LogP contribution in [-0.2, 0) is 17.6 Å². The van der Waals surface area contributed by atoms with Gasteiger partial charge in [0.1, 0.15) is 24.2 Å². The summed E-state index contributed by atoms with van der Waals surface area (Å²) in [6, 6.07) is 19.4. The minimum absolute atomic E-state index is 0.161. The maximum atomic E-state index is 11.2. The fourth-order valence-corrected chi connectivity index (χ4v) is 4.66. The van der Waals surface area contributed by atoms with Crippen molar-refractivity contribution in [2.45, 2.75) is 52.2 Å². The summed E-state index contributed by atoms with van der Waals surface area (Å²) < 4.78 is 11.8. The van der Waals surface area contributed by atoms with Crippen molar-refractivity contribution >= 4 is 22.6 Å². The fraction of sp³-hybridized carbons (Fsp3) is 0.312. The highest BCUT2D eigenvalue weighted by Crippen LogP contribution is 2.34. The quantitative estimate of drug-likeness (QED) is 0.202. The first-order chi connectivity index (χ1) is 19.5. The number of nitrogens with one attached hydrogen (secondary N) is 2. The van der Waals surface area contributed by atoms with E-state index in [1.807, 2.05) is 50.2 Å². The number of carbonyl (C=O) groups is 1. The highest BCUT2D eigenvalue weighted by molar-refractivity contribution is 5.93. The molecule has 5 N–H and O–H groups in total. The predicted octanol–water partition coefficient (Wildman–Crippen LogP) is 5.37. The number of nitrogens with two attached hydrogens (primary N) is 1. The SMILES string of the molecule is CC.C[C@H](Cc1ccc(Oc2ccc(C(N)=O)cn2)cc1)NC[C@H](O)COC1=CCCc2[nH]c3ccccc3c21. The number of allylic oxidation sites excluding steroid dienone is 1. The van der Waals surface area contributed by atoms with Gasteiger partial charge in [0, 0.05) is 47.0 Å². The monoisotopic (exact) mass is 542 g/mol. The van der Waals surface area contributed by atoms with Gasteiger partial charge in [-0.25, -0.2) is 4.98 Å². The van der Waals surface area contributed by atoms with Crippen LogP contribution in [0, 0.1) is 0 Å². The molecular weight excluding hydrogens is 504 g/mol. The number of primary amides is 1. The minimum atomic E-state index is -0.627. The van der Waals surface area contributed by atoms with E-state index < -0.39 is 12.0 Å². The van der Waals surface area contributed by atoms with Crippen LogP contribution < -0.4 is 15.8 Å². The summed E-state index contributed by atoms with van der Waals surface area (Å²) in [5, 5.41) is 15.1. The average molecular weight is 543 g/mol. The topological polar surface area (TPSA) is 122 Å². The molecule has 2 aromatic carbocycles. The molecule has 0 fully saturated rings. The molecule has 0 unspecified atom stereocenters. The molecule has 1 amide bonds. The number of amides is 1. The number of para-hydroxylation sites is 1. The van der Waals surface area contributed by atoms with Crippen LogP contribution in [0.1, 0.15) is 54.4 Å². The molecule has 8 heteroatoms. The Morgan fingerprint density at radius 1 is 1.12 bits per heavy atom. The van der Waals surface area contributed by atoms with Crippen molar-refractivity contribution in [3.8, 4) is 11.6 Å². The van der Waals surface area contributed by atoms with Crippen molar-refractivity contribution in [2.75, 3.05) is 13.2 Å². The molecule has 1 aliphatic rings. The zero-order valence-electron chi connectivity index (χ0n) is 23.3. The predicted molar refractivity (Wildman–Crippen MR) is 158 cm³/mol. The summed E-state index contributed by atoms with van der Waals surface area (Å²) >= 11 is 0. The van der Waals surface area contributed by atoms with Gasteiger partial charge in [0.2, 0.25) is 11.8 Å². The first kappa shape index (κ1) is 28.9. The summed E-state index contributed by atoms with van der Waals surface area (Å²) in [5.41, 5.74) is 10.1. The normalized spacial score (nSPS) is 13.8. The van der Waals surface area contributed by atoms with Crippen molar-refractivity contribution in [2.24, 2.45) is 5.73 Å². The molecule has 4 aromatic rings. The van der Waals surface area contributed by atoms with Crippen molar-refractivity contribution < 1.29 is 19.4 Å². The molecule has 0 aliphatic heterocycles. The third kappa shape index (κ3) is 7.28. The number of aromatic amines is 1. The Bertz CT molecular complexity index is 1430. The maximum absolute atomic E-state index is 11.2. The van der Waals surface area contributed by atoms with Gasteiger partial charge in [-0.05, 0) is 62.1 Å². The molecule has 8 nitrogen and oxygen atoms in total. The second-order valence-electron chi connectivity index (χ2n) is 9.60. The van der Waals surface area contributed by atoms with Crippen LogP contribution >= 0.6 is 0 Å². The number of hydrogen-bond acceptors (Lipinski definition) is 6. The lowest BCUT2D eigenvalue weighted by atomic mass is 10.0. The van der Waals surface area contributed by atoms with E-state index in [2.05, 4.69) is 40.4 Å². The van der Waals surface area contributed by atoms with Crippen LogP contribution in [-0.4, -0.2) is 46.3 Å². The molecule has 0 saturated carbocycles. The lowest BCUT2D eigenvalue weighted by Crippen LogP contribution is -2.37. The van der Waals surface area contributed by atoms with Gasteiger partial charge in [0.15, 0.2) is 0 Å². The summed E-state index contributed by atoms with van der Waals surface area (Å²) in [7, 11) is 0. The molecule has 2 aromatic heterocycles. The average Bonchev–Trinajstić information content (AvgIpc) is 3.37. The van der Waals surface area contributed by atoms with E-state index in [9.17, 15) is 9.90 Å². The highest BCUT2D eigenvalue weighted by atomic mass is 16.5. The van der Waals surface area contributed by atoms with Crippen LogP contribution in [0.3, 0.4) is 0 Å². The van der Waals surface area contributed by atoms with Crippen LogP contribution in [0.4, 0.5) is 0 Å². The third-order valence-electron chi connectivity index (χ3n) is 6.60. The number of H-pyrrole nitrogens is 1. The number of pyridine rings is 1. The Labute approximate surface area is 235 Å². The summed E-state index contributed by atoms with van der Waals surface area (Å²) in [6.45, 7) is 6.75. The molecule has 1 aliphatic carbocycles. The number of aliphatic hydroxyl groups is 1. The smallest absolute Gasteiger partial charge is 0.250 e. The first-order valence-corrected chi connectivity index (χ1v) is 13.8. The van der Waals surface area contributed by atoms with E-state index >= 15 is 0 Å². The highest BCUT2D eigenvalue weighted by Gasteiger charge is 2.20. The number of carbonyl (C=O) groups excluding carboxylic acids is 1. The van der Waals surface area contributed by atoms with Gasteiger partial charge in [-0.3, -0.25) is 4.79 Å². The van der Waals surface area contributed by atoms with Gasteiger partial charge in [-0.2, -0.15) is 0 Å². The number of aliphatic hydroxyl groups excluding tert-OH is 1. The van der Waals surface area contributed by atoms with Gasteiger partial charge in [-0.1, -0.05) is 44.2 Å². The zero-order valence-corrected chi connectivity index (χ0v) is 23.3. The van der Waals surface area contributed by atoms with Crippen LogP contribution in [0.25, 0.3) is 16.7 Å². The van der Waals surface area contributed by atoms with Crippen LogP contribution in [0.15, 0.2) is 72.9 Å². The molecule has 0 spiro atoms. The van der Waals surface area contributed by atoms with E-state index in [0.717, 1.165) is 47.1 Å². The largest absolute Gasteiger partial charge is 0.490 e. The Morgan fingerprint density at radius 3 is 2.62 bits per heavy atom. The van der Waals surface area contributed by atoms with Crippen molar-refractivity contribution in [1.29, 1.82) is 0 Å². The fourth-order valence-electron chi connectivity index (χ4n) is 4.66. The second kappa shape index (κ2) is 13.8. The number of nitrogens with zero attached hydrogens (tertiary/aromatic N) is 1. The van der Waals surface area contributed by atoms with E-state index in [4.69, 9.17) is 15.2 Å². The number of hydrogen-bond donors (Lipinski definition) is 4. The number of rotatable bonds is 11. The third-order valence-corrected chi connectivity index (χ3v) is 6.60. The Hall–Kier alpha value is -4.14. The molecule has 2 heterocycles. The molecule has 210 valence electrons. The minimum Gasteiger partial charge on any atom is -0.490 e. The number of ether oxygens (including phenoxy) is 2. The molecule has 0 saturated heterocycles. The van der Waals surface area contributed by atoms with E-state index in [1.165, 1.54) is 11.9 Å². The second-order valence-corrected chi connectivity index (χ2v) is 9.60. The Morgan fingerprint density at radius 2 is 1.90 bits per heavy atom. The van der Waals surface area contributed by atoms with E-state index in [0.29, 0.717) is 23.7 Å². The summed E-state index contributed by atoms with van der Waals surface area (Å²) in [5.74, 6) is 1.36. The Balaban J connectivity index is 0.00000181. The van der Waals surface area contributed by atoms with Gasteiger partial charge >= 0.3 is 0 Å². The molecule has 0 radical (unpaired) electrons. The van der Waals surface area contributed by atoms with Gasteiger partial charge < -0.3 is 30.6 Å². The Kier molecular flexibility index (Phi) is 9.94. The molecule has 40 heavy (non-hydrogen) atoms. The van der Waals surface area contributed by atoms with Gasteiger partial charge in [-0.15, -0.1) is 0 Å². The van der Waals surface area contributed by atoms with Crippen LogP contribution in [0.5, 0.6) is 11.6 Å². The van der Waals surface area contributed by atoms with E-state index in [1.54, 1.807) is 12.1 Å². The first-order valence-electron chi connectivity index (χ1n) is 13.8. The van der Waals surface area contributed by atoms with Crippen molar-refractivity contribution in [1.82, 2.24) is 15.3 Å². The lowest BCUT2D eigenvalue weighted by Gasteiger charge is -2.20. The molecule has 0 bridgehead atoms. The maximum Gasteiger partial charge on any atom is 0.250 e. The van der Waals surface area contributed by atoms with Crippen molar-refractivity contribution in [3.63, 3.8) is 0 Å². The number of aromatic nitrogens is 2. The molecule has 5 rings (SSSR count). The van der Waals surface area contributed by atoms with Crippen molar-refractivity contribution in [3.05, 3.63) is 95.3 Å². The van der Waals surface area contributed by atoms with Crippen LogP contribution in [0.2, 0.25) is 0 Å². The van der Waals surface area contributed by atoms with E-state index in [-0.39, 0.29) is 12.6 Å². The number of benzene rings is 2. The summed E-state index contributed by atoms with van der Waals surface area (Å²) in [4.78, 5) is 18.8. The standard InChI is InChI=1S/C30H32N4O4.C2H6/c1-19(15-20-9-12-23(13-10-20)38-28-14-11-21(16-33-28)30(31)36)32-17-22(35)18-37-27-8-4-7-26-29(27)24-5-2-3-6-25(24)34-26;1-2/h2-3,5-6,8-14,16,19,22,32,34-35H,4,7,15,17-18H2,1H3,(H2,31,36);1-2H3/t19-,22+;/m1./s1. The molecular formula is C32H38N4O4. The summed E-state index contributed by atoms with van der Waals surface area (Å²) in [6.07, 6.45) is 5.56. The number of fused-ring (bicyclic) bond motifs is 3.